The van der Waals surface area contributed by atoms with E-state index in [1.165, 1.54) is 86.6 Å². The Balaban J connectivity index is 0.986. The molecule has 11 aromatic rings. The molecule has 0 unspecified atom stereocenters. The zero-order valence-corrected chi connectivity index (χ0v) is 35.2. The predicted molar refractivity (Wildman–Crippen MR) is 262 cm³/mol. The summed E-state index contributed by atoms with van der Waals surface area (Å²) in [5.41, 5.74) is 10.7. The van der Waals surface area contributed by atoms with Gasteiger partial charge in [-0.3, -0.25) is 0 Å². The Hall–Kier alpha value is -7.72. The topological polar surface area (TPSA) is 18.5 Å². The SMILES string of the molecule is Cc1ccc2c(c1)-c1cccc3c(-c4c5ccccc5c(-c5ccc6c(c5)Oc5ccc([SiH](c7ccccc7)c7ccccc7)c7cccc-6c57)c5ccccc45)ccc(c13)O2. The highest BCUT2D eigenvalue weighted by Crippen LogP contribution is 2.53. The van der Waals surface area contributed by atoms with Crippen molar-refractivity contribution in [3.63, 3.8) is 0 Å². The first kappa shape index (κ1) is 35.1. The molecule has 2 heterocycles. The summed E-state index contributed by atoms with van der Waals surface area (Å²) < 4.78 is 13.6. The minimum atomic E-state index is -1.79. The van der Waals surface area contributed by atoms with E-state index >= 15 is 0 Å². The highest BCUT2D eigenvalue weighted by molar-refractivity contribution is 6.96. The Kier molecular flexibility index (Phi) is 7.72. The Labute approximate surface area is 361 Å². The summed E-state index contributed by atoms with van der Waals surface area (Å²) in [6.45, 7) is 2.14. The summed E-state index contributed by atoms with van der Waals surface area (Å²) in [6, 6.07) is 75.7. The van der Waals surface area contributed by atoms with Gasteiger partial charge in [0, 0.05) is 21.9 Å². The largest absolute Gasteiger partial charge is 0.456 e. The third-order valence-electron chi connectivity index (χ3n) is 13.2. The molecular weight excluding hydrogens is 769 g/mol. The third-order valence-corrected chi connectivity index (χ3v) is 16.5. The quantitative estimate of drug-likeness (QED) is 0.0980. The van der Waals surface area contributed by atoms with E-state index < -0.39 is 8.80 Å². The standard InChI is InChI=1S/C59H38O2Si/c1-36-26-30-51-50(34-36)47-24-12-23-46-48(29-31-52(60-51)58(46)47)57-44-20-10-8-18-42(44)56(43-19-9-11-21-45(43)57)37-27-28-40-41-22-13-25-49-55(33-32-53(59(41)49)61-54(40)35-37)62(38-14-4-2-5-15-38)39-16-6-3-7-17-39/h2-35,62H,1H3. The summed E-state index contributed by atoms with van der Waals surface area (Å²) in [5.74, 6) is 3.60. The van der Waals surface area contributed by atoms with Crippen LogP contribution in [0, 0.1) is 6.92 Å². The summed E-state index contributed by atoms with van der Waals surface area (Å²) in [5, 5.41) is 13.9. The van der Waals surface area contributed by atoms with Crippen LogP contribution in [0.3, 0.4) is 0 Å². The van der Waals surface area contributed by atoms with Crippen LogP contribution in [-0.2, 0) is 0 Å². The minimum Gasteiger partial charge on any atom is -0.456 e. The van der Waals surface area contributed by atoms with Gasteiger partial charge in [-0.15, -0.1) is 0 Å². The van der Waals surface area contributed by atoms with Crippen molar-refractivity contribution < 1.29 is 9.47 Å². The van der Waals surface area contributed by atoms with E-state index in [-0.39, 0.29) is 0 Å². The first-order valence-electron chi connectivity index (χ1n) is 21.4. The molecule has 13 rings (SSSR count). The highest BCUT2D eigenvalue weighted by atomic mass is 28.3. The lowest BCUT2D eigenvalue weighted by Crippen LogP contribution is -2.52. The molecule has 0 amide bonds. The summed E-state index contributed by atoms with van der Waals surface area (Å²) >= 11 is 0. The van der Waals surface area contributed by atoms with E-state index in [1.54, 1.807) is 0 Å². The highest BCUT2D eigenvalue weighted by Gasteiger charge is 2.28. The number of hydrogen-bond donors (Lipinski definition) is 0. The molecule has 0 atom stereocenters. The molecule has 0 aliphatic carbocycles. The molecule has 11 aromatic carbocycles. The van der Waals surface area contributed by atoms with Gasteiger partial charge in [0.2, 0.25) is 0 Å². The van der Waals surface area contributed by atoms with Gasteiger partial charge in [0.25, 0.3) is 0 Å². The number of ether oxygens (including phenoxy) is 2. The minimum absolute atomic E-state index is 0.881. The van der Waals surface area contributed by atoms with E-state index in [2.05, 4.69) is 213 Å². The fourth-order valence-corrected chi connectivity index (χ4v) is 13.8. The van der Waals surface area contributed by atoms with Crippen LogP contribution < -0.4 is 25.0 Å². The Bertz CT molecular complexity index is 3550. The Morgan fingerprint density at radius 3 is 1.52 bits per heavy atom. The monoisotopic (exact) mass is 806 g/mol. The summed E-state index contributed by atoms with van der Waals surface area (Å²) in [7, 11) is -1.79. The average Bonchev–Trinajstić information content (AvgIpc) is 3.32. The Morgan fingerprint density at radius 1 is 0.323 bits per heavy atom. The van der Waals surface area contributed by atoms with Gasteiger partial charge in [-0.25, -0.2) is 0 Å². The molecule has 62 heavy (non-hydrogen) atoms. The van der Waals surface area contributed by atoms with Crippen molar-refractivity contribution in [1.82, 2.24) is 0 Å². The molecule has 0 spiro atoms. The third kappa shape index (κ3) is 5.22. The summed E-state index contributed by atoms with van der Waals surface area (Å²) in [6.07, 6.45) is 0. The zero-order valence-electron chi connectivity index (χ0n) is 34.0. The molecule has 0 saturated carbocycles. The maximum Gasteiger partial charge on any atom is 0.135 e. The van der Waals surface area contributed by atoms with Crippen molar-refractivity contribution in [3.05, 3.63) is 212 Å². The number of rotatable bonds is 5. The van der Waals surface area contributed by atoms with E-state index in [0.29, 0.717) is 0 Å². The first-order valence-corrected chi connectivity index (χ1v) is 23.2. The average molecular weight is 807 g/mol. The van der Waals surface area contributed by atoms with E-state index in [4.69, 9.17) is 9.47 Å². The van der Waals surface area contributed by atoms with Crippen molar-refractivity contribution in [1.29, 1.82) is 0 Å². The normalized spacial score (nSPS) is 12.4. The van der Waals surface area contributed by atoms with Gasteiger partial charge in [0.05, 0.1) is 0 Å². The first-order chi connectivity index (χ1) is 30.7. The van der Waals surface area contributed by atoms with Crippen LogP contribution in [0.15, 0.2) is 206 Å². The van der Waals surface area contributed by atoms with Crippen molar-refractivity contribution in [2.24, 2.45) is 0 Å². The van der Waals surface area contributed by atoms with Crippen LogP contribution in [0.1, 0.15) is 5.56 Å². The number of hydrogen-bond acceptors (Lipinski definition) is 2. The molecule has 2 nitrogen and oxygen atoms in total. The molecule has 0 radical (unpaired) electrons. The molecule has 0 fully saturated rings. The fraction of sp³-hybridized carbons (Fsp3) is 0.0169. The number of benzene rings is 11. The van der Waals surface area contributed by atoms with Crippen LogP contribution in [0.4, 0.5) is 0 Å². The lowest BCUT2D eigenvalue weighted by Gasteiger charge is -2.26. The molecule has 2 aliphatic rings. The lowest BCUT2D eigenvalue weighted by atomic mass is 9.83. The second-order valence-corrected chi connectivity index (χ2v) is 19.6. The predicted octanol–water partition coefficient (Wildman–Crippen LogP) is 13.7. The van der Waals surface area contributed by atoms with Crippen LogP contribution in [0.25, 0.3) is 87.6 Å². The molecule has 290 valence electrons. The molecule has 2 aliphatic heterocycles. The van der Waals surface area contributed by atoms with Crippen molar-refractivity contribution >= 4 is 67.4 Å². The summed E-state index contributed by atoms with van der Waals surface area (Å²) in [4.78, 5) is 0. The van der Waals surface area contributed by atoms with Crippen molar-refractivity contribution in [3.8, 4) is 67.5 Å². The lowest BCUT2D eigenvalue weighted by molar-refractivity contribution is 0.487. The van der Waals surface area contributed by atoms with Crippen LogP contribution in [0.5, 0.6) is 23.0 Å². The second-order valence-electron chi connectivity index (χ2n) is 16.7. The van der Waals surface area contributed by atoms with Crippen LogP contribution in [0.2, 0.25) is 0 Å². The maximum absolute atomic E-state index is 7.00. The second kappa shape index (κ2) is 13.7. The van der Waals surface area contributed by atoms with Gasteiger partial charge in [-0.2, -0.15) is 0 Å². The fourth-order valence-electron chi connectivity index (χ4n) is 10.6. The van der Waals surface area contributed by atoms with Gasteiger partial charge in [0.15, 0.2) is 0 Å². The zero-order chi connectivity index (χ0) is 40.9. The molecule has 0 N–H and O–H groups in total. The van der Waals surface area contributed by atoms with Crippen molar-refractivity contribution in [2.45, 2.75) is 6.92 Å². The van der Waals surface area contributed by atoms with Gasteiger partial charge >= 0.3 is 0 Å². The van der Waals surface area contributed by atoms with Gasteiger partial charge in [-0.1, -0.05) is 180 Å². The number of fused-ring (bicyclic) bond motifs is 6. The van der Waals surface area contributed by atoms with E-state index in [1.807, 2.05) is 0 Å². The number of aryl methyl sites for hydroxylation is 1. The van der Waals surface area contributed by atoms with Gasteiger partial charge < -0.3 is 9.47 Å². The molecule has 0 saturated heterocycles. The van der Waals surface area contributed by atoms with E-state index in [9.17, 15) is 0 Å². The van der Waals surface area contributed by atoms with Crippen molar-refractivity contribution in [2.75, 3.05) is 0 Å². The molecule has 3 heteroatoms. The van der Waals surface area contributed by atoms with Gasteiger partial charge in [-0.05, 0) is 120 Å². The van der Waals surface area contributed by atoms with Crippen LogP contribution >= 0.6 is 0 Å². The molecule has 0 aromatic heterocycles. The van der Waals surface area contributed by atoms with E-state index in [0.717, 1.165) is 45.1 Å². The maximum atomic E-state index is 7.00. The molecule has 0 bridgehead atoms. The smallest absolute Gasteiger partial charge is 0.135 e. The molecular formula is C59H38O2Si. The van der Waals surface area contributed by atoms with Gasteiger partial charge in [0.1, 0.15) is 31.8 Å². The Morgan fingerprint density at radius 2 is 0.839 bits per heavy atom. The van der Waals surface area contributed by atoms with Crippen LogP contribution in [-0.4, -0.2) is 8.80 Å².